The minimum Gasteiger partial charge on any atom is -0.501 e. The molecular formula is C68H53IrN5O2-2. The van der Waals surface area contributed by atoms with Crippen LogP contribution in [-0.4, -0.2) is 19.5 Å². The number of hydrogen-bond acceptors (Lipinski definition) is 6. The molecule has 0 aliphatic rings. The number of aromatic nitrogens is 4. The van der Waals surface area contributed by atoms with Crippen LogP contribution in [0, 0.1) is 23.5 Å². The van der Waals surface area contributed by atoms with E-state index >= 15 is 0 Å². The molecular weight excluding hydrogens is 1110 g/mol. The molecule has 0 atom stereocenters. The standard InChI is InChI=1S/C54H38N3O2.C14H15N2.Ir/c1-31(2)41-24-36(33-14-7-5-8-15-33)25-42(32(3)4)51(41)57-52-38-19-12-11-18-35(38)22-23-47(52)56-54(57)40-21-13-20-39-45-28-49-46(29-50(45)59-53(39)40)44-27-43(34-16-9-6-10-17-34)37(30-55)26-48(44)58-49;1-14(2,3)12-9-10-15-13(16-12)11-7-5-4-6-8-11;/h5-20,22-29,31-32H,1-4H3;4-7,9-10H,1-3H3;/q2*-1;. The fourth-order valence-corrected chi connectivity index (χ4v) is 10.4. The van der Waals surface area contributed by atoms with Gasteiger partial charge in [-0.1, -0.05) is 150 Å². The SMILES string of the molecule is CC(C)(C)c1ccnc(-c2[c-]cccc2)n1.CC(C)c1cc(-c2ccccc2)cc(C(C)C)c1-n1c(-c2[c-]ccc3c2oc2cc4c(cc23)oc2cc(C#N)c(-c3ccccc3)cc24)nc2ccc3ccccc3c21.[Ir]. The summed E-state index contributed by atoms with van der Waals surface area (Å²) in [4.78, 5) is 14.3. The Kier molecular flexibility index (Phi) is 13.1. The van der Waals surface area contributed by atoms with E-state index in [4.69, 9.17) is 13.8 Å². The van der Waals surface area contributed by atoms with Crippen molar-refractivity contribution in [1.82, 2.24) is 19.5 Å². The molecule has 0 saturated heterocycles. The van der Waals surface area contributed by atoms with E-state index in [1.807, 2.05) is 79.0 Å². The summed E-state index contributed by atoms with van der Waals surface area (Å²) in [7, 11) is 0. The third kappa shape index (κ3) is 8.86. The van der Waals surface area contributed by atoms with Gasteiger partial charge >= 0.3 is 0 Å². The van der Waals surface area contributed by atoms with Crippen LogP contribution in [0.1, 0.15) is 82.7 Å². The van der Waals surface area contributed by atoms with Gasteiger partial charge in [0.1, 0.15) is 16.7 Å². The summed E-state index contributed by atoms with van der Waals surface area (Å²) < 4.78 is 15.8. The van der Waals surface area contributed by atoms with Gasteiger partial charge in [0.2, 0.25) is 0 Å². The number of benzene rings is 9. The number of nitrogens with zero attached hydrogens (tertiary/aromatic N) is 5. The molecule has 0 saturated carbocycles. The summed E-state index contributed by atoms with van der Waals surface area (Å²) >= 11 is 0. The van der Waals surface area contributed by atoms with Gasteiger partial charge in [0.25, 0.3) is 0 Å². The Morgan fingerprint density at radius 3 is 1.91 bits per heavy atom. The first-order valence-corrected chi connectivity index (χ1v) is 25.6. The normalized spacial score (nSPS) is 11.7. The number of furan rings is 2. The first-order valence-electron chi connectivity index (χ1n) is 25.6. The Morgan fingerprint density at radius 1 is 0.579 bits per heavy atom. The second-order valence-electron chi connectivity index (χ2n) is 20.9. The molecule has 0 aliphatic carbocycles. The van der Waals surface area contributed by atoms with Crippen molar-refractivity contribution >= 4 is 65.7 Å². The van der Waals surface area contributed by atoms with Gasteiger partial charge in [-0.2, -0.15) is 5.26 Å². The van der Waals surface area contributed by atoms with E-state index < -0.39 is 0 Å². The third-order valence-electron chi connectivity index (χ3n) is 14.3. The maximum Gasteiger partial charge on any atom is 0.136 e. The first-order chi connectivity index (χ1) is 36.4. The first kappa shape index (κ1) is 49.7. The molecule has 0 spiro atoms. The molecule has 0 fully saturated rings. The maximum absolute atomic E-state index is 10.1. The van der Waals surface area contributed by atoms with E-state index in [9.17, 15) is 5.26 Å². The molecule has 0 amide bonds. The fourth-order valence-electron chi connectivity index (χ4n) is 10.4. The Hall–Kier alpha value is -8.47. The van der Waals surface area contributed by atoms with Crippen molar-refractivity contribution in [2.45, 2.75) is 65.7 Å². The third-order valence-corrected chi connectivity index (χ3v) is 14.3. The fraction of sp³-hybridized carbons (Fsp3) is 0.147. The van der Waals surface area contributed by atoms with Crippen molar-refractivity contribution in [1.29, 1.82) is 5.26 Å². The van der Waals surface area contributed by atoms with Crippen molar-refractivity contribution in [3.63, 3.8) is 0 Å². The van der Waals surface area contributed by atoms with Crippen LogP contribution in [0.3, 0.4) is 0 Å². The quantitative estimate of drug-likeness (QED) is 0.148. The predicted octanol–water partition coefficient (Wildman–Crippen LogP) is 18.1. The van der Waals surface area contributed by atoms with E-state index in [1.54, 1.807) is 0 Å². The van der Waals surface area contributed by atoms with Crippen LogP contribution in [0.5, 0.6) is 0 Å². The van der Waals surface area contributed by atoms with E-state index in [0.29, 0.717) is 11.1 Å². The maximum atomic E-state index is 10.1. The molecule has 9 aromatic carbocycles. The van der Waals surface area contributed by atoms with E-state index in [0.717, 1.165) is 105 Å². The predicted molar refractivity (Wildman–Crippen MR) is 306 cm³/mol. The van der Waals surface area contributed by atoms with Crippen LogP contribution < -0.4 is 0 Å². The number of nitriles is 1. The number of rotatable bonds is 7. The van der Waals surface area contributed by atoms with Crippen LogP contribution in [0.2, 0.25) is 0 Å². The molecule has 13 rings (SSSR count). The van der Waals surface area contributed by atoms with Crippen molar-refractivity contribution in [3.8, 4) is 56.8 Å². The Morgan fingerprint density at radius 2 is 1.22 bits per heavy atom. The summed E-state index contributed by atoms with van der Waals surface area (Å²) in [6.45, 7) is 15.6. The summed E-state index contributed by atoms with van der Waals surface area (Å²) in [6.07, 6.45) is 1.81. The van der Waals surface area contributed by atoms with Crippen LogP contribution in [0.4, 0.5) is 0 Å². The summed E-state index contributed by atoms with van der Waals surface area (Å²) in [5, 5.41) is 16.1. The molecule has 8 heteroatoms. The molecule has 0 aliphatic heterocycles. The zero-order valence-corrected chi connectivity index (χ0v) is 45.8. The smallest absolute Gasteiger partial charge is 0.136 e. The number of fused-ring (bicyclic) bond motifs is 9. The van der Waals surface area contributed by atoms with Gasteiger partial charge in [-0.3, -0.25) is 15.0 Å². The summed E-state index contributed by atoms with van der Waals surface area (Å²) in [5.74, 6) is 1.96. The van der Waals surface area contributed by atoms with Crippen molar-refractivity contribution in [2.24, 2.45) is 0 Å². The average Bonchev–Trinajstić information content (AvgIpc) is 4.14. The molecule has 0 unspecified atom stereocenters. The zero-order chi connectivity index (χ0) is 51.5. The molecule has 0 N–H and O–H groups in total. The zero-order valence-electron chi connectivity index (χ0n) is 43.4. The Labute approximate surface area is 455 Å². The largest absolute Gasteiger partial charge is 0.501 e. The second kappa shape index (κ2) is 20.0. The molecule has 4 aromatic heterocycles. The molecule has 4 heterocycles. The minimum atomic E-state index is 0. The number of hydrogen-bond donors (Lipinski definition) is 0. The Bertz CT molecular complexity index is 4320. The molecule has 7 nitrogen and oxygen atoms in total. The second-order valence-corrected chi connectivity index (χ2v) is 20.9. The molecule has 13 aromatic rings. The summed E-state index contributed by atoms with van der Waals surface area (Å²) in [6, 6.07) is 69.3. The van der Waals surface area contributed by atoms with Crippen molar-refractivity contribution < 1.29 is 28.9 Å². The summed E-state index contributed by atoms with van der Waals surface area (Å²) in [5.41, 5.74) is 16.2. The number of imidazole rings is 1. The van der Waals surface area contributed by atoms with Crippen LogP contribution in [-0.2, 0) is 25.5 Å². The van der Waals surface area contributed by atoms with Crippen LogP contribution >= 0.6 is 0 Å². The van der Waals surface area contributed by atoms with E-state index in [1.165, 1.54) is 22.3 Å². The monoisotopic (exact) mass is 1160 g/mol. The van der Waals surface area contributed by atoms with Gasteiger partial charge in [-0.05, 0) is 93.6 Å². The topological polar surface area (TPSA) is 93.7 Å². The van der Waals surface area contributed by atoms with Crippen LogP contribution in [0.25, 0.3) is 116 Å². The molecule has 76 heavy (non-hydrogen) atoms. The van der Waals surface area contributed by atoms with E-state index in [2.05, 4.69) is 184 Å². The average molecular weight is 1160 g/mol. The Balaban J connectivity index is 0.000000311. The van der Waals surface area contributed by atoms with Crippen molar-refractivity contribution in [2.75, 3.05) is 0 Å². The molecule has 373 valence electrons. The van der Waals surface area contributed by atoms with Gasteiger partial charge < -0.3 is 13.4 Å². The van der Waals surface area contributed by atoms with Gasteiger partial charge in [0.15, 0.2) is 0 Å². The van der Waals surface area contributed by atoms with Gasteiger partial charge in [0, 0.05) is 70.2 Å². The van der Waals surface area contributed by atoms with Crippen molar-refractivity contribution in [3.05, 3.63) is 217 Å². The molecule has 1 radical (unpaired) electrons. The van der Waals surface area contributed by atoms with E-state index in [-0.39, 0.29) is 37.4 Å². The van der Waals surface area contributed by atoms with Crippen LogP contribution in [0.15, 0.2) is 191 Å². The van der Waals surface area contributed by atoms with Gasteiger partial charge in [-0.25, -0.2) is 0 Å². The minimum absolute atomic E-state index is 0. The van der Waals surface area contributed by atoms with Gasteiger partial charge in [-0.15, -0.1) is 54.1 Å². The molecule has 0 bridgehead atoms. The van der Waals surface area contributed by atoms with Gasteiger partial charge in [0.05, 0.1) is 39.9 Å².